The van der Waals surface area contributed by atoms with E-state index in [-0.39, 0.29) is 30.7 Å². The van der Waals surface area contributed by atoms with E-state index in [2.05, 4.69) is 92.5 Å². The Hall–Kier alpha value is -2.97. The standard InChI is InChI=1S/C26H28N6O.2ClH/c1-33-25-13-12-23(32-19-28-29-30-32)16-22(25)17-31-15-14-27-24(18-31)26(20-8-4-2-5-9-20)21-10-6-3-7-11-21;;/h2-13,16,19,24,26-27H,14-15,17-18H2,1H3;2*1H. The number of piperazine rings is 1. The highest BCUT2D eigenvalue weighted by atomic mass is 35.5. The fourth-order valence-corrected chi connectivity index (χ4v) is 4.74. The van der Waals surface area contributed by atoms with Gasteiger partial charge in [-0.25, -0.2) is 4.68 Å². The molecular formula is C26H30Cl2N6O. The molecule has 1 aliphatic heterocycles. The molecule has 1 aromatic heterocycles. The minimum Gasteiger partial charge on any atom is -0.496 e. The highest BCUT2D eigenvalue weighted by molar-refractivity contribution is 5.85. The van der Waals surface area contributed by atoms with E-state index in [1.807, 2.05) is 12.1 Å². The molecule has 9 heteroatoms. The predicted octanol–water partition coefficient (Wildman–Crippen LogP) is 4.12. The first-order chi connectivity index (χ1) is 16.3. The Kier molecular flexibility index (Phi) is 9.63. The van der Waals surface area contributed by atoms with Crippen LogP contribution in [0, 0.1) is 0 Å². The average Bonchev–Trinajstić information content (AvgIpc) is 3.41. The van der Waals surface area contributed by atoms with Crippen molar-refractivity contribution in [1.29, 1.82) is 0 Å². The summed E-state index contributed by atoms with van der Waals surface area (Å²) >= 11 is 0. The number of tetrazole rings is 1. The lowest BCUT2D eigenvalue weighted by molar-refractivity contribution is 0.182. The first kappa shape index (κ1) is 26.6. The van der Waals surface area contributed by atoms with Gasteiger partial charge in [-0.1, -0.05) is 60.7 Å². The lowest BCUT2D eigenvalue weighted by Crippen LogP contribution is -2.52. The third kappa shape index (κ3) is 6.18. The van der Waals surface area contributed by atoms with Crippen molar-refractivity contribution in [2.75, 3.05) is 26.7 Å². The molecule has 184 valence electrons. The number of aromatic nitrogens is 4. The molecule has 1 aliphatic rings. The van der Waals surface area contributed by atoms with Gasteiger partial charge in [0.15, 0.2) is 0 Å². The molecule has 4 aromatic rings. The van der Waals surface area contributed by atoms with E-state index in [0.29, 0.717) is 6.04 Å². The van der Waals surface area contributed by atoms with Crippen molar-refractivity contribution in [3.8, 4) is 11.4 Å². The van der Waals surface area contributed by atoms with Crippen molar-refractivity contribution in [3.63, 3.8) is 0 Å². The van der Waals surface area contributed by atoms with Gasteiger partial charge >= 0.3 is 0 Å². The average molecular weight is 513 g/mol. The molecule has 7 nitrogen and oxygen atoms in total. The fourth-order valence-electron chi connectivity index (χ4n) is 4.74. The number of rotatable bonds is 7. The Morgan fingerprint density at radius 3 is 2.26 bits per heavy atom. The number of nitrogens with zero attached hydrogens (tertiary/aromatic N) is 5. The van der Waals surface area contributed by atoms with Gasteiger partial charge in [0.2, 0.25) is 0 Å². The van der Waals surface area contributed by atoms with Gasteiger partial charge in [0.05, 0.1) is 12.8 Å². The van der Waals surface area contributed by atoms with Crippen LogP contribution in [0.5, 0.6) is 5.75 Å². The van der Waals surface area contributed by atoms with Gasteiger partial charge in [-0.3, -0.25) is 4.90 Å². The maximum Gasteiger partial charge on any atom is 0.143 e. The summed E-state index contributed by atoms with van der Waals surface area (Å²) < 4.78 is 7.34. The number of benzene rings is 3. The van der Waals surface area contributed by atoms with E-state index in [1.165, 1.54) is 11.1 Å². The molecule has 35 heavy (non-hydrogen) atoms. The van der Waals surface area contributed by atoms with E-state index >= 15 is 0 Å². The van der Waals surface area contributed by atoms with E-state index in [4.69, 9.17) is 4.74 Å². The van der Waals surface area contributed by atoms with Crippen molar-refractivity contribution in [2.45, 2.75) is 18.5 Å². The SMILES string of the molecule is COc1ccc(-n2cnnn2)cc1CN1CCNC(C(c2ccccc2)c2ccccc2)C1.Cl.Cl. The van der Waals surface area contributed by atoms with Crippen molar-refractivity contribution in [1.82, 2.24) is 30.4 Å². The summed E-state index contributed by atoms with van der Waals surface area (Å²) in [6.07, 6.45) is 1.61. The lowest BCUT2D eigenvalue weighted by atomic mass is 9.84. The van der Waals surface area contributed by atoms with Crippen LogP contribution in [0.25, 0.3) is 5.69 Å². The maximum absolute atomic E-state index is 5.67. The number of halogens is 2. The monoisotopic (exact) mass is 512 g/mol. The zero-order valence-corrected chi connectivity index (χ0v) is 21.2. The Bertz CT molecular complexity index is 1120. The molecule has 0 amide bonds. The second-order valence-electron chi connectivity index (χ2n) is 8.35. The van der Waals surface area contributed by atoms with Gasteiger partial charge in [-0.05, 0) is 39.8 Å². The zero-order valence-electron chi connectivity index (χ0n) is 19.5. The van der Waals surface area contributed by atoms with E-state index < -0.39 is 0 Å². The molecule has 1 fully saturated rings. The summed E-state index contributed by atoms with van der Waals surface area (Å²) in [6, 6.07) is 28.0. The number of nitrogens with one attached hydrogen (secondary N) is 1. The zero-order chi connectivity index (χ0) is 22.5. The van der Waals surface area contributed by atoms with Gasteiger partial charge in [-0.2, -0.15) is 0 Å². The lowest BCUT2D eigenvalue weighted by Gasteiger charge is -2.38. The molecule has 0 bridgehead atoms. The molecular weight excluding hydrogens is 483 g/mol. The normalized spacial score (nSPS) is 15.8. The van der Waals surface area contributed by atoms with Crippen LogP contribution in [0.4, 0.5) is 0 Å². The van der Waals surface area contributed by atoms with Crippen LogP contribution < -0.4 is 10.1 Å². The summed E-state index contributed by atoms with van der Waals surface area (Å²) in [5.74, 6) is 1.16. The molecule has 3 aromatic carbocycles. The van der Waals surface area contributed by atoms with E-state index in [9.17, 15) is 0 Å². The largest absolute Gasteiger partial charge is 0.496 e. The Morgan fingerprint density at radius 2 is 1.66 bits per heavy atom. The van der Waals surface area contributed by atoms with Gasteiger partial charge in [0.1, 0.15) is 12.1 Å². The molecule has 0 spiro atoms. The summed E-state index contributed by atoms with van der Waals surface area (Å²) in [5.41, 5.74) is 4.72. The molecule has 1 unspecified atom stereocenters. The number of hydrogen-bond donors (Lipinski definition) is 1. The van der Waals surface area contributed by atoms with Crippen LogP contribution >= 0.6 is 24.8 Å². The van der Waals surface area contributed by atoms with Crippen molar-refractivity contribution in [3.05, 3.63) is 102 Å². The van der Waals surface area contributed by atoms with Gasteiger partial charge in [-0.15, -0.1) is 29.9 Å². The van der Waals surface area contributed by atoms with Gasteiger partial charge in [0.25, 0.3) is 0 Å². The highest BCUT2D eigenvalue weighted by Crippen LogP contribution is 2.30. The minimum absolute atomic E-state index is 0. The van der Waals surface area contributed by atoms with Crippen LogP contribution in [0.2, 0.25) is 0 Å². The summed E-state index contributed by atoms with van der Waals surface area (Å²) in [4.78, 5) is 2.50. The van der Waals surface area contributed by atoms with Crippen molar-refractivity contribution < 1.29 is 4.74 Å². The van der Waals surface area contributed by atoms with E-state index in [0.717, 1.165) is 43.2 Å². The van der Waals surface area contributed by atoms with Crippen LogP contribution in [0.15, 0.2) is 85.2 Å². The van der Waals surface area contributed by atoms with Crippen molar-refractivity contribution >= 4 is 24.8 Å². The molecule has 1 atom stereocenters. The van der Waals surface area contributed by atoms with E-state index in [1.54, 1.807) is 18.1 Å². The first-order valence-electron chi connectivity index (χ1n) is 11.3. The van der Waals surface area contributed by atoms with Gasteiger partial charge in [0, 0.05) is 43.7 Å². The number of hydrogen-bond acceptors (Lipinski definition) is 6. The number of ether oxygens (including phenoxy) is 1. The smallest absolute Gasteiger partial charge is 0.143 e. The molecule has 1 N–H and O–H groups in total. The first-order valence-corrected chi connectivity index (χ1v) is 11.3. The quantitative estimate of drug-likeness (QED) is 0.401. The maximum atomic E-state index is 5.67. The molecule has 0 radical (unpaired) electrons. The second kappa shape index (κ2) is 12.7. The van der Waals surface area contributed by atoms with Gasteiger partial charge < -0.3 is 10.1 Å². The molecule has 0 aliphatic carbocycles. The summed E-state index contributed by atoms with van der Waals surface area (Å²) in [6.45, 7) is 3.65. The Morgan fingerprint density at radius 1 is 0.971 bits per heavy atom. The topological polar surface area (TPSA) is 68.1 Å². The third-order valence-corrected chi connectivity index (χ3v) is 6.28. The Balaban J connectivity index is 0.00000171. The second-order valence-corrected chi connectivity index (χ2v) is 8.35. The third-order valence-electron chi connectivity index (χ3n) is 6.28. The number of methoxy groups -OCH3 is 1. The molecule has 5 rings (SSSR count). The highest BCUT2D eigenvalue weighted by Gasteiger charge is 2.29. The molecule has 0 saturated carbocycles. The minimum atomic E-state index is 0. The predicted molar refractivity (Wildman–Crippen MR) is 142 cm³/mol. The van der Waals surface area contributed by atoms with Crippen molar-refractivity contribution in [2.24, 2.45) is 0 Å². The Labute approximate surface area is 218 Å². The van der Waals surface area contributed by atoms with Crippen LogP contribution in [0.1, 0.15) is 22.6 Å². The molecule has 2 heterocycles. The van der Waals surface area contributed by atoms with Crippen LogP contribution in [0.3, 0.4) is 0 Å². The summed E-state index contributed by atoms with van der Waals surface area (Å²) in [7, 11) is 1.72. The van der Waals surface area contributed by atoms with Crippen LogP contribution in [-0.4, -0.2) is 57.9 Å². The summed E-state index contributed by atoms with van der Waals surface area (Å²) in [5, 5.41) is 15.3. The molecule has 1 saturated heterocycles. The fraction of sp³-hybridized carbons (Fsp3) is 0.269. The van der Waals surface area contributed by atoms with Crippen LogP contribution in [-0.2, 0) is 6.54 Å².